The van der Waals surface area contributed by atoms with E-state index in [-0.39, 0.29) is 40.9 Å². The first-order valence-electron chi connectivity index (χ1n) is 4.82. The largest absolute Gasteiger partial charge is 1.00 e. The second-order valence-electron chi connectivity index (χ2n) is 3.17. The Labute approximate surface area is 117 Å². The molecule has 0 bridgehead atoms. The smallest absolute Gasteiger partial charge is 0.545 e. The van der Waals surface area contributed by atoms with Crippen molar-refractivity contribution in [3.05, 3.63) is 23.8 Å². The summed E-state index contributed by atoms with van der Waals surface area (Å²) in [4.78, 5) is 10.5. The number of hydrogen-bond donors (Lipinski definition) is 1. The zero-order valence-electron chi connectivity index (χ0n) is 9.53. The average molecular weight is 232 g/mol. The van der Waals surface area contributed by atoms with Crippen LogP contribution in [0.5, 0.6) is 11.5 Å². The Bertz CT molecular complexity index is 352. The molecule has 1 aromatic carbocycles. The summed E-state index contributed by atoms with van der Waals surface area (Å²) < 4.78 is 5.29. The zero-order chi connectivity index (χ0) is 11.3. The first-order valence-corrected chi connectivity index (χ1v) is 4.82. The molecule has 0 heterocycles. The van der Waals surface area contributed by atoms with Crippen molar-refractivity contribution in [1.29, 1.82) is 0 Å². The molecule has 82 valence electrons. The standard InChI is InChI=1S/C11H14O4.Na/c1-2-3-6-15-8-4-5-9(11(13)14)10(12)7-8;/h4-5,7,12H,2-3,6H2,1H3,(H,13,14);/q;+1/p-1. The molecular weight excluding hydrogens is 219 g/mol. The second-order valence-corrected chi connectivity index (χ2v) is 3.17. The number of carbonyl (C=O) groups is 1. The molecule has 0 unspecified atom stereocenters. The quantitative estimate of drug-likeness (QED) is 0.468. The Hall–Kier alpha value is -0.710. The minimum absolute atomic E-state index is 0. The van der Waals surface area contributed by atoms with Crippen molar-refractivity contribution in [3.63, 3.8) is 0 Å². The monoisotopic (exact) mass is 232 g/mol. The number of carboxylic acids is 1. The number of phenols is 1. The molecule has 16 heavy (non-hydrogen) atoms. The first-order chi connectivity index (χ1) is 7.15. The number of carbonyl (C=O) groups excluding carboxylic acids is 1. The van der Waals surface area contributed by atoms with Crippen LogP contribution >= 0.6 is 0 Å². The zero-order valence-corrected chi connectivity index (χ0v) is 11.5. The van der Waals surface area contributed by atoms with E-state index in [1.807, 2.05) is 6.92 Å². The number of ether oxygens (including phenoxy) is 1. The van der Waals surface area contributed by atoms with Gasteiger partial charge in [-0.2, -0.15) is 0 Å². The molecule has 0 aliphatic heterocycles. The SMILES string of the molecule is CCCCOc1ccc(C(=O)[O-])c(O)c1.[Na+]. The van der Waals surface area contributed by atoms with Gasteiger partial charge in [0.15, 0.2) is 0 Å². The molecular formula is C11H13NaO4. The van der Waals surface area contributed by atoms with E-state index in [4.69, 9.17) is 4.74 Å². The van der Waals surface area contributed by atoms with Gasteiger partial charge in [0, 0.05) is 11.6 Å². The third-order valence-corrected chi connectivity index (χ3v) is 1.96. The fourth-order valence-corrected chi connectivity index (χ4v) is 1.11. The molecule has 0 saturated heterocycles. The van der Waals surface area contributed by atoms with Gasteiger partial charge in [-0.15, -0.1) is 0 Å². The Morgan fingerprint density at radius 3 is 2.69 bits per heavy atom. The number of benzene rings is 1. The Morgan fingerprint density at radius 1 is 1.50 bits per heavy atom. The fourth-order valence-electron chi connectivity index (χ4n) is 1.11. The number of unbranched alkanes of at least 4 members (excludes halogenated alkanes) is 1. The van der Waals surface area contributed by atoms with Crippen LogP contribution in [0.3, 0.4) is 0 Å². The van der Waals surface area contributed by atoms with Crippen LogP contribution < -0.4 is 39.4 Å². The van der Waals surface area contributed by atoms with Crippen LogP contribution in [0.25, 0.3) is 0 Å². The van der Waals surface area contributed by atoms with Crippen molar-refractivity contribution >= 4 is 5.97 Å². The van der Waals surface area contributed by atoms with Crippen LogP contribution in [0.2, 0.25) is 0 Å². The summed E-state index contributed by atoms with van der Waals surface area (Å²) in [7, 11) is 0. The van der Waals surface area contributed by atoms with Gasteiger partial charge in [-0.05, 0) is 18.6 Å². The van der Waals surface area contributed by atoms with Crippen LogP contribution in [0, 0.1) is 0 Å². The van der Waals surface area contributed by atoms with Crippen LogP contribution in [0.4, 0.5) is 0 Å². The molecule has 0 fully saturated rings. The summed E-state index contributed by atoms with van der Waals surface area (Å²) in [6.07, 6.45) is 1.94. The van der Waals surface area contributed by atoms with Gasteiger partial charge in [0.2, 0.25) is 0 Å². The van der Waals surface area contributed by atoms with Crippen molar-refractivity contribution in [2.75, 3.05) is 6.61 Å². The van der Waals surface area contributed by atoms with Crippen molar-refractivity contribution in [3.8, 4) is 11.5 Å². The summed E-state index contributed by atoms with van der Waals surface area (Å²) in [5.74, 6) is -1.26. The van der Waals surface area contributed by atoms with Gasteiger partial charge in [-0.25, -0.2) is 0 Å². The molecule has 0 amide bonds. The second kappa shape index (κ2) is 7.54. The fraction of sp³-hybridized carbons (Fsp3) is 0.364. The molecule has 1 rings (SSSR count). The van der Waals surface area contributed by atoms with E-state index in [9.17, 15) is 15.0 Å². The molecule has 0 aliphatic carbocycles. The van der Waals surface area contributed by atoms with Crippen LogP contribution in [0.15, 0.2) is 18.2 Å². The van der Waals surface area contributed by atoms with Gasteiger partial charge in [0.25, 0.3) is 0 Å². The Balaban J connectivity index is 0.00000225. The van der Waals surface area contributed by atoms with E-state index in [0.717, 1.165) is 12.8 Å². The van der Waals surface area contributed by atoms with E-state index in [1.165, 1.54) is 18.2 Å². The van der Waals surface area contributed by atoms with E-state index < -0.39 is 5.97 Å². The van der Waals surface area contributed by atoms with E-state index >= 15 is 0 Å². The summed E-state index contributed by atoms with van der Waals surface area (Å²) >= 11 is 0. The number of hydrogen-bond acceptors (Lipinski definition) is 4. The molecule has 0 saturated carbocycles. The molecule has 0 radical (unpaired) electrons. The van der Waals surface area contributed by atoms with Crippen LogP contribution in [0.1, 0.15) is 30.1 Å². The predicted octanol–water partition coefficient (Wildman–Crippen LogP) is -2.06. The molecule has 4 nitrogen and oxygen atoms in total. The third-order valence-electron chi connectivity index (χ3n) is 1.96. The molecule has 0 aliphatic rings. The average Bonchev–Trinajstić information content (AvgIpc) is 2.17. The van der Waals surface area contributed by atoms with Gasteiger partial charge < -0.3 is 19.7 Å². The van der Waals surface area contributed by atoms with Crippen molar-refractivity contribution < 1.29 is 49.3 Å². The summed E-state index contributed by atoms with van der Waals surface area (Å²) in [5.41, 5.74) is -0.224. The Morgan fingerprint density at radius 2 is 2.19 bits per heavy atom. The molecule has 0 atom stereocenters. The van der Waals surface area contributed by atoms with E-state index in [0.29, 0.717) is 12.4 Å². The number of aromatic carboxylic acids is 1. The normalized spacial score (nSPS) is 9.31. The van der Waals surface area contributed by atoms with Crippen molar-refractivity contribution in [2.45, 2.75) is 19.8 Å². The van der Waals surface area contributed by atoms with Crippen LogP contribution in [-0.2, 0) is 0 Å². The predicted molar refractivity (Wildman–Crippen MR) is 52.8 cm³/mol. The molecule has 1 N–H and O–H groups in total. The number of aromatic hydroxyl groups is 1. The van der Waals surface area contributed by atoms with Gasteiger partial charge in [-0.1, -0.05) is 13.3 Å². The van der Waals surface area contributed by atoms with Crippen molar-refractivity contribution in [2.24, 2.45) is 0 Å². The van der Waals surface area contributed by atoms with Crippen LogP contribution in [-0.4, -0.2) is 17.7 Å². The molecule has 5 heteroatoms. The summed E-state index contributed by atoms with van der Waals surface area (Å²) in [6.45, 7) is 2.60. The molecule has 0 aromatic heterocycles. The Kier molecular flexibility index (Phi) is 7.21. The van der Waals surface area contributed by atoms with E-state index in [2.05, 4.69) is 0 Å². The van der Waals surface area contributed by atoms with E-state index in [1.54, 1.807) is 0 Å². The maximum absolute atomic E-state index is 10.5. The van der Waals surface area contributed by atoms with Gasteiger partial charge in [0.05, 0.1) is 12.6 Å². The maximum Gasteiger partial charge on any atom is 1.00 e. The number of carboxylic acid groups (broad SMARTS) is 1. The van der Waals surface area contributed by atoms with Gasteiger partial charge in [-0.3, -0.25) is 0 Å². The molecule has 1 aromatic rings. The maximum atomic E-state index is 10.5. The molecule has 0 spiro atoms. The topological polar surface area (TPSA) is 69.6 Å². The van der Waals surface area contributed by atoms with Crippen molar-refractivity contribution in [1.82, 2.24) is 0 Å². The minimum atomic E-state index is -1.40. The summed E-state index contributed by atoms with van der Waals surface area (Å²) in [6, 6.07) is 4.05. The number of rotatable bonds is 5. The first kappa shape index (κ1) is 15.3. The minimum Gasteiger partial charge on any atom is -0.545 e. The summed E-state index contributed by atoms with van der Waals surface area (Å²) in [5, 5.41) is 19.8. The van der Waals surface area contributed by atoms with Gasteiger partial charge >= 0.3 is 29.6 Å². The van der Waals surface area contributed by atoms with Gasteiger partial charge in [0.1, 0.15) is 11.5 Å². The third kappa shape index (κ3) is 4.43.